The van der Waals surface area contributed by atoms with E-state index >= 15 is 0 Å². The van der Waals surface area contributed by atoms with Gasteiger partial charge in [-0.05, 0) is 44.9 Å². The number of benzene rings is 1. The van der Waals surface area contributed by atoms with Crippen molar-refractivity contribution in [1.29, 1.82) is 0 Å². The van der Waals surface area contributed by atoms with E-state index in [4.69, 9.17) is 10.5 Å². The molecule has 0 saturated heterocycles. The lowest BCUT2D eigenvalue weighted by Crippen LogP contribution is -2.08. The number of hydrogen-bond donors (Lipinski definition) is 1. The van der Waals surface area contributed by atoms with Crippen LogP contribution in [0.2, 0.25) is 0 Å². The predicted octanol–water partition coefficient (Wildman–Crippen LogP) is 2.65. The fourth-order valence-corrected chi connectivity index (χ4v) is 1.64. The largest absolute Gasteiger partial charge is 0.489 e. The molecule has 0 bridgehead atoms. The Hall–Kier alpha value is -1.51. The predicted molar refractivity (Wildman–Crippen MR) is 63.7 cm³/mol. The molecule has 1 aliphatic rings. The van der Waals surface area contributed by atoms with Crippen molar-refractivity contribution >= 4 is 11.5 Å². The molecule has 1 saturated carbocycles. The van der Waals surface area contributed by atoms with Crippen LogP contribution in [0.3, 0.4) is 0 Å². The zero-order valence-electron chi connectivity index (χ0n) is 9.69. The third-order valence-electron chi connectivity index (χ3n) is 2.61. The number of carbonyl (C=O) groups excluding carboxylic acids is 1. The maximum absolute atomic E-state index is 11.8. The molecule has 2 rings (SSSR count). The summed E-state index contributed by atoms with van der Waals surface area (Å²) < 4.78 is 5.52. The van der Waals surface area contributed by atoms with Crippen molar-refractivity contribution in [2.24, 2.45) is 5.92 Å². The van der Waals surface area contributed by atoms with E-state index in [1.54, 1.807) is 18.2 Å². The minimum atomic E-state index is 0.0901. The molecule has 0 unspecified atom stereocenters. The molecule has 0 atom stereocenters. The molecule has 0 aliphatic heterocycles. The average Bonchev–Trinajstić information content (AvgIpc) is 3.03. The molecule has 1 aromatic carbocycles. The van der Waals surface area contributed by atoms with Gasteiger partial charge in [0.15, 0.2) is 5.78 Å². The summed E-state index contributed by atoms with van der Waals surface area (Å²) in [5.74, 6) is 1.10. The second-order valence-electron chi connectivity index (χ2n) is 4.56. The van der Waals surface area contributed by atoms with Crippen LogP contribution in [-0.2, 0) is 0 Å². The number of nitrogen functional groups attached to an aromatic ring is 1. The van der Waals surface area contributed by atoms with Crippen LogP contribution in [0.4, 0.5) is 5.69 Å². The molecule has 16 heavy (non-hydrogen) atoms. The zero-order chi connectivity index (χ0) is 11.7. The van der Waals surface area contributed by atoms with Crippen molar-refractivity contribution in [3.63, 3.8) is 0 Å². The summed E-state index contributed by atoms with van der Waals surface area (Å²) in [5.41, 5.74) is 7.10. The monoisotopic (exact) mass is 219 g/mol. The van der Waals surface area contributed by atoms with Crippen LogP contribution >= 0.6 is 0 Å². The Morgan fingerprint density at radius 1 is 1.44 bits per heavy atom. The number of ketones is 1. The van der Waals surface area contributed by atoms with Crippen molar-refractivity contribution < 1.29 is 9.53 Å². The number of carbonyl (C=O) groups is 1. The third-order valence-corrected chi connectivity index (χ3v) is 2.61. The van der Waals surface area contributed by atoms with Gasteiger partial charge in [0.2, 0.25) is 0 Å². The fraction of sp³-hybridized carbons (Fsp3) is 0.462. The van der Waals surface area contributed by atoms with Crippen molar-refractivity contribution in [1.82, 2.24) is 0 Å². The standard InChI is InChI=1S/C13H17NO2/c1-8(2)16-12-6-5-10(7-11(12)14)13(15)9-3-4-9/h5-9H,3-4,14H2,1-2H3. The Kier molecular flexibility index (Phi) is 2.86. The minimum Gasteiger partial charge on any atom is -0.489 e. The lowest BCUT2D eigenvalue weighted by atomic mass is 10.1. The van der Waals surface area contributed by atoms with Crippen LogP contribution in [0.5, 0.6) is 5.75 Å². The Balaban J connectivity index is 2.18. The smallest absolute Gasteiger partial charge is 0.166 e. The molecule has 86 valence electrons. The van der Waals surface area contributed by atoms with Gasteiger partial charge in [-0.25, -0.2) is 0 Å². The van der Waals surface area contributed by atoms with Crippen LogP contribution < -0.4 is 10.5 Å². The molecule has 0 aromatic heterocycles. The maximum Gasteiger partial charge on any atom is 0.166 e. The highest BCUT2D eigenvalue weighted by molar-refractivity contribution is 6.00. The number of Topliss-reactive ketones (excluding diaryl/α,β-unsaturated/α-hetero) is 1. The quantitative estimate of drug-likeness (QED) is 0.625. The summed E-state index contributed by atoms with van der Waals surface area (Å²) in [6.07, 6.45) is 2.12. The SMILES string of the molecule is CC(C)Oc1ccc(C(=O)C2CC2)cc1N. The topological polar surface area (TPSA) is 52.3 Å². The molecule has 0 spiro atoms. The first-order valence-electron chi connectivity index (χ1n) is 5.68. The lowest BCUT2D eigenvalue weighted by Gasteiger charge is -2.12. The first kappa shape index (κ1) is 11.0. The van der Waals surface area contributed by atoms with Gasteiger partial charge in [0.1, 0.15) is 5.75 Å². The molecule has 0 heterocycles. The number of rotatable bonds is 4. The normalized spacial score (nSPS) is 15.2. The Morgan fingerprint density at radius 3 is 2.62 bits per heavy atom. The van der Waals surface area contributed by atoms with E-state index in [0.29, 0.717) is 17.0 Å². The summed E-state index contributed by atoms with van der Waals surface area (Å²) in [4.78, 5) is 11.8. The molecule has 1 aromatic rings. The lowest BCUT2D eigenvalue weighted by molar-refractivity contribution is 0.0967. The number of anilines is 1. The molecule has 3 nitrogen and oxygen atoms in total. The van der Waals surface area contributed by atoms with Gasteiger partial charge in [0.25, 0.3) is 0 Å². The summed E-state index contributed by atoms with van der Waals surface area (Å²) in [6.45, 7) is 3.89. The van der Waals surface area contributed by atoms with Crippen LogP contribution in [0, 0.1) is 5.92 Å². The van der Waals surface area contributed by atoms with Crippen molar-refractivity contribution in [2.75, 3.05) is 5.73 Å². The van der Waals surface area contributed by atoms with E-state index in [1.807, 2.05) is 13.8 Å². The molecule has 1 aliphatic carbocycles. The van der Waals surface area contributed by atoms with Crippen LogP contribution in [0.1, 0.15) is 37.0 Å². The first-order chi connectivity index (χ1) is 7.58. The second-order valence-corrected chi connectivity index (χ2v) is 4.56. The second kappa shape index (κ2) is 4.16. The van der Waals surface area contributed by atoms with E-state index < -0.39 is 0 Å². The Labute approximate surface area is 95.6 Å². The highest BCUT2D eigenvalue weighted by Crippen LogP contribution is 2.34. The molecular formula is C13H17NO2. The Morgan fingerprint density at radius 2 is 2.12 bits per heavy atom. The molecule has 0 amide bonds. The van der Waals surface area contributed by atoms with Gasteiger partial charge in [-0.2, -0.15) is 0 Å². The van der Waals surface area contributed by atoms with E-state index in [0.717, 1.165) is 12.8 Å². The van der Waals surface area contributed by atoms with Crippen LogP contribution in [0.15, 0.2) is 18.2 Å². The fourth-order valence-electron chi connectivity index (χ4n) is 1.64. The van der Waals surface area contributed by atoms with Crippen molar-refractivity contribution in [3.05, 3.63) is 23.8 Å². The molecule has 2 N–H and O–H groups in total. The average molecular weight is 219 g/mol. The van der Waals surface area contributed by atoms with E-state index in [2.05, 4.69) is 0 Å². The van der Waals surface area contributed by atoms with Gasteiger partial charge in [-0.3, -0.25) is 4.79 Å². The van der Waals surface area contributed by atoms with E-state index in [-0.39, 0.29) is 17.8 Å². The highest BCUT2D eigenvalue weighted by atomic mass is 16.5. The van der Waals surface area contributed by atoms with Crippen LogP contribution in [0.25, 0.3) is 0 Å². The Bertz CT molecular complexity index is 408. The summed E-state index contributed by atoms with van der Waals surface area (Å²) >= 11 is 0. The number of ether oxygens (including phenoxy) is 1. The summed E-state index contributed by atoms with van der Waals surface area (Å²) in [6, 6.07) is 5.30. The van der Waals surface area contributed by atoms with Gasteiger partial charge in [-0.15, -0.1) is 0 Å². The van der Waals surface area contributed by atoms with Crippen molar-refractivity contribution in [2.45, 2.75) is 32.8 Å². The van der Waals surface area contributed by atoms with Crippen molar-refractivity contribution in [3.8, 4) is 5.75 Å². The van der Waals surface area contributed by atoms with E-state index in [9.17, 15) is 4.79 Å². The van der Waals surface area contributed by atoms with Gasteiger partial charge in [0, 0.05) is 11.5 Å². The minimum absolute atomic E-state index is 0.0901. The number of nitrogens with two attached hydrogens (primary N) is 1. The number of hydrogen-bond acceptors (Lipinski definition) is 3. The first-order valence-corrected chi connectivity index (χ1v) is 5.68. The highest BCUT2D eigenvalue weighted by Gasteiger charge is 2.30. The van der Waals surface area contributed by atoms with Gasteiger partial charge < -0.3 is 10.5 Å². The van der Waals surface area contributed by atoms with Gasteiger partial charge in [-0.1, -0.05) is 0 Å². The third kappa shape index (κ3) is 2.35. The molecule has 1 fully saturated rings. The van der Waals surface area contributed by atoms with Gasteiger partial charge >= 0.3 is 0 Å². The molecular weight excluding hydrogens is 202 g/mol. The zero-order valence-corrected chi connectivity index (χ0v) is 9.69. The van der Waals surface area contributed by atoms with Gasteiger partial charge in [0.05, 0.1) is 11.8 Å². The summed E-state index contributed by atoms with van der Waals surface area (Å²) in [5, 5.41) is 0. The maximum atomic E-state index is 11.8. The summed E-state index contributed by atoms with van der Waals surface area (Å²) in [7, 11) is 0. The van der Waals surface area contributed by atoms with E-state index in [1.165, 1.54) is 0 Å². The molecule has 3 heteroatoms. The van der Waals surface area contributed by atoms with Crippen LogP contribution in [-0.4, -0.2) is 11.9 Å². The molecule has 0 radical (unpaired) electrons.